The van der Waals surface area contributed by atoms with Gasteiger partial charge in [0.1, 0.15) is 28.6 Å². The van der Waals surface area contributed by atoms with Crippen LogP contribution >= 0.6 is 11.8 Å². The molecule has 120 valence electrons. The fourth-order valence-electron chi connectivity index (χ4n) is 2.77. The molecule has 0 saturated carbocycles. The summed E-state index contributed by atoms with van der Waals surface area (Å²) in [5, 5.41) is 13.4. The molecule has 1 saturated heterocycles. The number of hydrogen-bond acceptors (Lipinski definition) is 6. The Morgan fingerprint density at radius 2 is 1.92 bits per heavy atom. The van der Waals surface area contributed by atoms with E-state index in [9.17, 15) is 14.9 Å². The smallest absolute Gasteiger partial charge is 0.285 e. The SMILES string of the molecule is O=C1NC2=Nc3ccccc3OC(c3ccccc3[N+](=O)[O-])C2S1. The van der Waals surface area contributed by atoms with Crippen LogP contribution in [0.3, 0.4) is 0 Å². The Hall–Kier alpha value is -2.87. The Morgan fingerprint density at radius 3 is 2.75 bits per heavy atom. The number of thioether (sulfide) groups is 1. The van der Waals surface area contributed by atoms with E-state index in [1.54, 1.807) is 30.3 Å². The average molecular weight is 341 g/mol. The largest absolute Gasteiger partial charge is 0.482 e. The van der Waals surface area contributed by atoms with Gasteiger partial charge in [0.25, 0.3) is 10.9 Å². The third-order valence-electron chi connectivity index (χ3n) is 3.81. The number of nitro benzene ring substituents is 1. The first-order valence-electron chi connectivity index (χ1n) is 7.19. The van der Waals surface area contributed by atoms with E-state index in [0.717, 1.165) is 11.8 Å². The van der Waals surface area contributed by atoms with Crippen molar-refractivity contribution in [1.82, 2.24) is 5.32 Å². The maximum absolute atomic E-state index is 11.8. The molecule has 8 heteroatoms. The standard InChI is InChI=1S/C16H11N3O4S/c20-16-18-15-14(24-16)13(9-5-1-3-7-11(9)19(21)22)23-12-8-4-2-6-10(12)17-15/h1-8,13-14H,(H,17,18,20). The van der Waals surface area contributed by atoms with Gasteiger partial charge in [-0.15, -0.1) is 0 Å². The Labute approximate surface area is 140 Å². The van der Waals surface area contributed by atoms with Crippen molar-refractivity contribution in [3.05, 3.63) is 64.2 Å². The number of carbonyl (C=O) groups excluding carboxylic acids is 1. The van der Waals surface area contributed by atoms with Crippen LogP contribution in [0.1, 0.15) is 11.7 Å². The Morgan fingerprint density at radius 1 is 1.17 bits per heavy atom. The molecule has 7 nitrogen and oxygen atoms in total. The van der Waals surface area contributed by atoms with Crippen LogP contribution in [-0.2, 0) is 0 Å². The minimum Gasteiger partial charge on any atom is -0.482 e. The predicted octanol–water partition coefficient (Wildman–Crippen LogP) is 3.58. The van der Waals surface area contributed by atoms with Gasteiger partial charge in [-0.25, -0.2) is 4.99 Å². The lowest BCUT2D eigenvalue weighted by Gasteiger charge is -2.21. The molecule has 0 bridgehead atoms. The van der Waals surface area contributed by atoms with Crippen LogP contribution in [-0.4, -0.2) is 21.2 Å². The number of hydrogen-bond donors (Lipinski definition) is 1. The molecule has 4 rings (SSSR count). The van der Waals surface area contributed by atoms with Gasteiger partial charge >= 0.3 is 0 Å². The summed E-state index contributed by atoms with van der Waals surface area (Å²) in [4.78, 5) is 27.2. The van der Waals surface area contributed by atoms with Gasteiger partial charge in [-0.2, -0.15) is 0 Å². The number of nitrogens with zero attached hydrogens (tertiary/aromatic N) is 2. The summed E-state index contributed by atoms with van der Waals surface area (Å²) in [5.41, 5.74) is 0.962. The minimum absolute atomic E-state index is 0.0406. The molecule has 0 aliphatic carbocycles. The zero-order chi connectivity index (χ0) is 16.7. The van der Waals surface area contributed by atoms with Crippen molar-refractivity contribution in [3.8, 4) is 5.75 Å². The summed E-state index contributed by atoms with van der Waals surface area (Å²) in [6.45, 7) is 0. The molecule has 2 aromatic carbocycles. The highest BCUT2D eigenvalue weighted by Gasteiger charge is 2.42. The van der Waals surface area contributed by atoms with Gasteiger partial charge in [0.05, 0.1) is 10.5 Å². The summed E-state index contributed by atoms with van der Waals surface area (Å²) in [6.07, 6.45) is -0.696. The van der Waals surface area contributed by atoms with Crippen molar-refractivity contribution >= 4 is 34.2 Å². The number of nitro groups is 1. The fourth-order valence-corrected chi connectivity index (χ4v) is 3.71. The summed E-state index contributed by atoms with van der Waals surface area (Å²) in [5.74, 6) is 0.982. The molecule has 2 unspecified atom stereocenters. The lowest BCUT2D eigenvalue weighted by Crippen LogP contribution is -2.30. The molecule has 2 aliphatic heterocycles. The van der Waals surface area contributed by atoms with E-state index in [-0.39, 0.29) is 10.9 Å². The van der Waals surface area contributed by atoms with Crippen LogP contribution in [0.5, 0.6) is 5.75 Å². The Kier molecular flexibility index (Phi) is 3.46. The van der Waals surface area contributed by atoms with Gasteiger partial charge in [0.2, 0.25) is 0 Å². The van der Waals surface area contributed by atoms with Gasteiger partial charge in [-0.05, 0) is 30.0 Å². The van der Waals surface area contributed by atoms with Gasteiger partial charge < -0.3 is 10.1 Å². The highest BCUT2D eigenvalue weighted by atomic mass is 32.2. The quantitative estimate of drug-likeness (QED) is 0.665. The van der Waals surface area contributed by atoms with E-state index in [0.29, 0.717) is 22.8 Å². The molecule has 2 aliphatic rings. The zero-order valence-electron chi connectivity index (χ0n) is 12.2. The van der Waals surface area contributed by atoms with E-state index in [1.165, 1.54) is 6.07 Å². The van der Waals surface area contributed by atoms with Crippen LogP contribution in [0.2, 0.25) is 0 Å². The van der Waals surface area contributed by atoms with Crippen LogP contribution in [0.15, 0.2) is 53.5 Å². The number of amidine groups is 1. The topological polar surface area (TPSA) is 93.8 Å². The number of carbonyl (C=O) groups is 1. The summed E-state index contributed by atoms with van der Waals surface area (Å²) in [6, 6.07) is 13.6. The molecule has 0 aromatic heterocycles. The van der Waals surface area contributed by atoms with Crippen molar-refractivity contribution in [2.75, 3.05) is 0 Å². The number of amides is 1. The van der Waals surface area contributed by atoms with Crippen LogP contribution < -0.4 is 10.1 Å². The Bertz CT molecular complexity index is 883. The second-order valence-electron chi connectivity index (χ2n) is 5.27. The van der Waals surface area contributed by atoms with Crippen LogP contribution in [0.25, 0.3) is 0 Å². The molecule has 1 fully saturated rings. The predicted molar refractivity (Wildman–Crippen MR) is 89.9 cm³/mol. The van der Waals surface area contributed by atoms with Crippen LogP contribution in [0, 0.1) is 10.1 Å². The molecule has 1 N–H and O–H groups in total. The van der Waals surface area contributed by atoms with Crippen LogP contribution in [0.4, 0.5) is 16.2 Å². The van der Waals surface area contributed by atoms with Gasteiger partial charge in [-0.3, -0.25) is 14.9 Å². The molecule has 2 atom stereocenters. The molecule has 1 amide bonds. The third kappa shape index (κ3) is 2.41. The molecule has 2 aromatic rings. The van der Waals surface area contributed by atoms with E-state index < -0.39 is 16.3 Å². The minimum atomic E-state index is -0.696. The van der Waals surface area contributed by atoms with E-state index in [2.05, 4.69) is 10.3 Å². The average Bonchev–Trinajstić information content (AvgIpc) is 2.86. The van der Waals surface area contributed by atoms with E-state index >= 15 is 0 Å². The monoisotopic (exact) mass is 341 g/mol. The summed E-state index contributed by atoms with van der Waals surface area (Å²) >= 11 is 1.03. The first-order chi connectivity index (χ1) is 11.6. The van der Waals surface area contributed by atoms with Gasteiger partial charge in [-0.1, -0.05) is 24.3 Å². The molecule has 2 heterocycles. The maximum Gasteiger partial charge on any atom is 0.285 e. The van der Waals surface area contributed by atoms with Crippen molar-refractivity contribution in [1.29, 1.82) is 0 Å². The zero-order valence-corrected chi connectivity index (χ0v) is 13.0. The van der Waals surface area contributed by atoms with Crippen molar-refractivity contribution in [2.24, 2.45) is 4.99 Å². The molecular formula is C16H11N3O4S. The Balaban J connectivity index is 1.88. The van der Waals surface area contributed by atoms with Gasteiger partial charge in [0, 0.05) is 6.07 Å². The summed E-state index contributed by atoms with van der Waals surface area (Å²) < 4.78 is 6.06. The van der Waals surface area contributed by atoms with Crippen molar-refractivity contribution in [3.63, 3.8) is 0 Å². The lowest BCUT2D eigenvalue weighted by molar-refractivity contribution is -0.386. The number of ether oxygens (including phenoxy) is 1. The number of para-hydroxylation sites is 3. The normalized spacial score (nSPS) is 21.7. The highest BCUT2D eigenvalue weighted by Crippen LogP contribution is 2.44. The first-order valence-corrected chi connectivity index (χ1v) is 8.06. The van der Waals surface area contributed by atoms with Gasteiger partial charge in [0.15, 0.2) is 0 Å². The number of fused-ring (bicyclic) bond motifs is 2. The molecule has 24 heavy (non-hydrogen) atoms. The van der Waals surface area contributed by atoms with E-state index in [1.807, 2.05) is 12.1 Å². The number of benzene rings is 2. The lowest BCUT2D eigenvalue weighted by atomic mass is 10.0. The number of aliphatic imine (C=N–C) groups is 1. The van der Waals surface area contributed by atoms with E-state index in [4.69, 9.17) is 4.74 Å². The number of nitrogens with one attached hydrogen (secondary N) is 1. The molecule has 0 radical (unpaired) electrons. The number of rotatable bonds is 2. The van der Waals surface area contributed by atoms with Crippen molar-refractivity contribution in [2.45, 2.75) is 11.4 Å². The second kappa shape index (κ2) is 5.64. The summed E-state index contributed by atoms with van der Waals surface area (Å²) in [7, 11) is 0. The maximum atomic E-state index is 11.8. The first kappa shape index (κ1) is 14.7. The second-order valence-corrected chi connectivity index (χ2v) is 6.38. The van der Waals surface area contributed by atoms with Crippen molar-refractivity contribution < 1.29 is 14.5 Å². The highest BCUT2D eigenvalue weighted by molar-refractivity contribution is 8.15. The fraction of sp³-hybridized carbons (Fsp3) is 0.125. The molecular weight excluding hydrogens is 330 g/mol. The molecule has 0 spiro atoms. The third-order valence-corrected chi connectivity index (χ3v) is 4.85.